The third-order valence-electron chi connectivity index (χ3n) is 4.36. The van der Waals surface area contributed by atoms with E-state index < -0.39 is 24.7 Å². The minimum atomic E-state index is -4.38. The van der Waals surface area contributed by atoms with Crippen LogP contribution in [0.15, 0.2) is 10.6 Å². The van der Waals surface area contributed by atoms with Gasteiger partial charge in [-0.2, -0.15) is 13.2 Å². The number of nitrogens with zero attached hydrogens (tertiary/aromatic N) is 3. The molecule has 5 nitrogen and oxygen atoms in total. The summed E-state index contributed by atoms with van der Waals surface area (Å²) in [6.07, 6.45) is -2.35. The normalized spacial score (nSPS) is 21.0. The molecule has 1 aromatic heterocycles. The summed E-state index contributed by atoms with van der Waals surface area (Å²) in [6, 6.07) is -0.895. The molecule has 0 saturated carbocycles. The van der Waals surface area contributed by atoms with Crippen LogP contribution in [-0.2, 0) is 10.2 Å². The van der Waals surface area contributed by atoms with E-state index in [1.54, 1.807) is 18.1 Å². The highest BCUT2D eigenvalue weighted by molar-refractivity contribution is 5.84. The van der Waals surface area contributed by atoms with Crippen LogP contribution in [-0.4, -0.2) is 53.0 Å². The Morgan fingerprint density at radius 1 is 1.42 bits per heavy atom. The number of amides is 1. The highest BCUT2D eigenvalue weighted by atomic mass is 19.4. The van der Waals surface area contributed by atoms with Gasteiger partial charge in [0.25, 0.3) is 0 Å². The zero-order chi connectivity index (χ0) is 18.3. The molecule has 1 amide bonds. The molecule has 0 bridgehead atoms. The monoisotopic (exact) mass is 347 g/mol. The fraction of sp³-hybridized carbons (Fsp3) is 0.750. The third kappa shape index (κ3) is 4.09. The number of hydrogen-bond acceptors (Lipinski definition) is 4. The van der Waals surface area contributed by atoms with Crippen LogP contribution in [0, 0.1) is 0 Å². The summed E-state index contributed by atoms with van der Waals surface area (Å²) in [6.45, 7) is 6.75. The van der Waals surface area contributed by atoms with Crippen molar-refractivity contribution >= 4 is 5.91 Å². The number of carbonyl (C=O) groups excluding carboxylic acids is 1. The lowest BCUT2D eigenvalue weighted by Gasteiger charge is -2.28. The molecule has 2 rings (SSSR count). The van der Waals surface area contributed by atoms with Gasteiger partial charge in [0.1, 0.15) is 12.3 Å². The zero-order valence-corrected chi connectivity index (χ0v) is 14.6. The molecule has 1 saturated heterocycles. The average Bonchev–Trinajstić information content (AvgIpc) is 3.04. The topological polar surface area (TPSA) is 49.6 Å². The number of rotatable bonds is 4. The fourth-order valence-corrected chi connectivity index (χ4v) is 2.75. The number of alkyl halides is 3. The van der Waals surface area contributed by atoms with Crippen LogP contribution < -0.4 is 0 Å². The Hall–Kier alpha value is -1.57. The summed E-state index contributed by atoms with van der Waals surface area (Å²) in [4.78, 5) is 19.1. The van der Waals surface area contributed by atoms with Crippen molar-refractivity contribution in [3.8, 4) is 0 Å². The molecule has 0 aliphatic carbocycles. The van der Waals surface area contributed by atoms with Crippen molar-refractivity contribution in [1.82, 2.24) is 14.8 Å². The van der Waals surface area contributed by atoms with E-state index in [0.717, 1.165) is 10.7 Å². The maximum absolute atomic E-state index is 12.5. The van der Waals surface area contributed by atoms with Gasteiger partial charge >= 0.3 is 6.18 Å². The highest BCUT2D eigenvalue weighted by Crippen LogP contribution is 2.30. The molecule has 1 aliphatic rings. The molecule has 1 aromatic rings. The van der Waals surface area contributed by atoms with Crippen LogP contribution in [0.2, 0.25) is 0 Å². The summed E-state index contributed by atoms with van der Waals surface area (Å²) in [5, 5.41) is 0. The van der Waals surface area contributed by atoms with Crippen molar-refractivity contribution in [3.63, 3.8) is 0 Å². The molecule has 8 heteroatoms. The van der Waals surface area contributed by atoms with Crippen LogP contribution in [0.3, 0.4) is 0 Å². The molecule has 0 spiro atoms. The van der Waals surface area contributed by atoms with Gasteiger partial charge < -0.3 is 9.32 Å². The Morgan fingerprint density at radius 3 is 2.54 bits per heavy atom. The molecular weight excluding hydrogens is 323 g/mol. The van der Waals surface area contributed by atoms with Crippen LogP contribution in [0.4, 0.5) is 13.2 Å². The standard InChI is InChI=1S/C16H24F3N3O2/c1-10(13-20-8-12(24-13)15(2,3)4)21(5)11-6-7-22(14(11)23)9-16(17,18)19/h8,10-11H,6-7,9H2,1-5H3/t10-,11+/m0/s1. The first kappa shape index (κ1) is 18.8. The van der Waals surface area contributed by atoms with Crippen molar-refractivity contribution in [3.05, 3.63) is 17.8 Å². The predicted molar refractivity (Wildman–Crippen MR) is 82.4 cm³/mol. The van der Waals surface area contributed by atoms with Crippen LogP contribution >= 0.6 is 0 Å². The molecule has 136 valence electrons. The van der Waals surface area contributed by atoms with Gasteiger partial charge in [0, 0.05) is 12.0 Å². The van der Waals surface area contributed by atoms with Crippen molar-refractivity contribution in [2.75, 3.05) is 20.1 Å². The van der Waals surface area contributed by atoms with E-state index in [9.17, 15) is 18.0 Å². The molecule has 0 unspecified atom stereocenters. The fourth-order valence-electron chi connectivity index (χ4n) is 2.75. The Kier molecular flexibility index (Phi) is 4.99. The second-order valence-electron chi connectivity index (χ2n) is 7.33. The summed E-state index contributed by atoms with van der Waals surface area (Å²) in [7, 11) is 1.71. The smallest absolute Gasteiger partial charge is 0.406 e. The first-order valence-electron chi connectivity index (χ1n) is 7.94. The van der Waals surface area contributed by atoms with Crippen molar-refractivity contribution in [1.29, 1.82) is 0 Å². The maximum Gasteiger partial charge on any atom is 0.406 e. The molecule has 0 N–H and O–H groups in total. The molecule has 1 fully saturated rings. The van der Waals surface area contributed by atoms with Crippen molar-refractivity contribution < 1.29 is 22.4 Å². The molecule has 0 radical (unpaired) electrons. The Balaban J connectivity index is 2.07. The van der Waals surface area contributed by atoms with E-state index in [2.05, 4.69) is 4.98 Å². The molecular formula is C16H24F3N3O2. The van der Waals surface area contributed by atoms with Gasteiger partial charge in [-0.15, -0.1) is 0 Å². The summed E-state index contributed by atoms with van der Waals surface area (Å²) in [5.74, 6) is 0.697. The van der Waals surface area contributed by atoms with E-state index in [4.69, 9.17) is 4.42 Å². The lowest BCUT2D eigenvalue weighted by molar-refractivity contribution is -0.159. The second kappa shape index (κ2) is 6.38. The third-order valence-corrected chi connectivity index (χ3v) is 4.36. The van der Waals surface area contributed by atoms with Crippen molar-refractivity contribution in [2.24, 2.45) is 0 Å². The van der Waals surface area contributed by atoms with E-state index >= 15 is 0 Å². The first-order valence-corrected chi connectivity index (χ1v) is 7.94. The number of likely N-dealkylation sites (tertiary alicyclic amines) is 1. The average molecular weight is 347 g/mol. The number of oxazole rings is 1. The van der Waals surface area contributed by atoms with E-state index in [1.165, 1.54) is 0 Å². The molecule has 0 aromatic carbocycles. The van der Waals surface area contributed by atoms with E-state index in [-0.39, 0.29) is 18.0 Å². The largest absolute Gasteiger partial charge is 0.443 e. The van der Waals surface area contributed by atoms with Gasteiger partial charge in [-0.1, -0.05) is 20.8 Å². The van der Waals surface area contributed by atoms with Gasteiger partial charge in [0.15, 0.2) is 0 Å². The number of halogens is 3. The summed E-state index contributed by atoms with van der Waals surface area (Å²) < 4.78 is 43.3. The number of likely N-dealkylation sites (N-methyl/N-ethyl adjacent to an activating group) is 1. The van der Waals surface area contributed by atoms with Crippen LogP contribution in [0.5, 0.6) is 0 Å². The molecule has 2 heterocycles. The first-order chi connectivity index (χ1) is 10.9. The molecule has 24 heavy (non-hydrogen) atoms. The minimum absolute atomic E-state index is 0.110. The molecule has 1 aliphatic heterocycles. The van der Waals surface area contributed by atoms with Gasteiger partial charge in [-0.25, -0.2) is 4.98 Å². The van der Waals surface area contributed by atoms with Gasteiger partial charge in [-0.3, -0.25) is 9.69 Å². The van der Waals surface area contributed by atoms with Crippen molar-refractivity contribution in [2.45, 2.75) is 57.8 Å². The predicted octanol–water partition coefficient (Wildman–Crippen LogP) is 3.13. The summed E-state index contributed by atoms with van der Waals surface area (Å²) in [5.41, 5.74) is -0.184. The maximum atomic E-state index is 12.5. The Bertz CT molecular complexity index is 592. The summed E-state index contributed by atoms with van der Waals surface area (Å²) >= 11 is 0. The SMILES string of the molecule is C[C@@H](c1ncc(C(C)(C)C)o1)N(C)[C@@H]1CCN(CC(F)(F)F)C1=O. The van der Waals surface area contributed by atoms with E-state index in [0.29, 0.717) is 12.3 Å². The lowest BCUT2D eigenvalue weighted by Crippen LogP contribution is -2.43. The molecule has 2 atom stereocenters. The van der Waals surface area contributed by atoms with Crippen LogP contribution in [0.25, 0.3) is 0 Å². The Labute approximate surface area is 139 Å². The number of hydrogen-bond donors (Lipinski definition) is 0. The van der Waals surface area contributed by atoms with E-state index in [1.807, 2.05) is 27.7 Å². The highest BCUT2D eigenvalue weighted by Gasteiger charge is 2.42. The number of carbonyl (C=O) groups is 1. The number of aromatic nitrogens is 1. The zero-order valence-electron chi connectivity index (χ0n) is 14.6. The van der Waals surface area contributed by atoms with Crippen LogP contribution in [0.1, 0.15) is 51.8 Å². The quantitative estimate of drug-likeness (QED) is 0.840. The van der Waals surface area contributed by atoms with Gasteiger partial charge in [0.05, 0.1) is 18.3 Å². The Morgan fingerprint density at radius 2 is 2.04 bits per heavy atom. The lowest BCUT2D eigenvalue weighted by atomic mass is 9.94. The minimum Gasteiger partial charge on any atom is -0.443 e. The second-order valence-corrected chi connectivity index (χ2v) is 7.33. The van der Waals surface area contributed by atoms with Gasteiger partial charge in [-0.05, 0) is 20.4 Å². The van der Waals surface area contributed by atoms with Gasteiger partial charge in [0.2, 0.25) is 11.8 Å².